The van der Waals surface area contributed by atoms with Gasteiger partial charge in [-0.3, -0.25) is 4.79 Å². The molecule has 0 aromatic carbocycles. The first-order valence-electron chi connectivity index (χ1n) is 8.78. The molecule has 1 fully saturated rings. The summed E-state index contributed by atoms with van der Waals surface area (Å²) >= 11 is 0. The SMILES string of the molecule is [2H][C@@H]1[C@@H](CO[Si](C)(C)C(C)(C)C)N(C(=O)OC(C)(C)C)C(=O)[C@@H]1[2H]. The van der Waals surface area contributed by atoms with E-state index in [2.05, 4.69) is 33.9 Å². The van der Waals surface area contributed by atoms with E-state index < -0.39 is 44.8 Å². The van der Waals surface area contributed by atoms with Crippen LogP contribution in [0.4, 0.5) is 4.79 Å². The topological polar surface area (TPSA) is 55.8 Å². The van der Waals surface area contributed by atoms with Crippen molar-refractivity contribution in [3.63, 3.8) is 0 Å². The van der Waals surface area contributed by atoms with E-state index in [0.29, 0.717) is 0 Å². The van der Waals surface area contributed by atoms with E-state index in [1.807, 2.05) is 0 Å². The molecule has 3 atom stereocenters. The fourth-order valence-electron chi connectivity index (χ4n) is 1.70. The Labute approximate surface area is 138 Å². The molecule has 0 bridgehead atoms. The molecule has 22 heavy (non-hydrogen) atoms. The summed E-state index contributed by atoms with van der Waals surface area (Å²) in [6.45, 7) is 15.6. The van der Waals surface area contributed by atoms with Crippen molar-refractivity contribution in [2.24, 2.45) is 0 Å². The van der Waals surface area contributed by atoms with Gasteiger partial charge in [0.2, 0.25) is 5.91 Å². The van der Waals surface area contributed by atoms with Crippen molar-refractivity contribution in [1.82, 2.24) is 4.90 Å². The van der Waals surface area contributed by atoms with Crippen molar-refractivity contribution in [3.05, 3.63) is 0 Å². The zero-order valence-corrected chi connectivity index (χ0v) is 16.0. The van der Waals surface area contributed by atoms with Crippen molar-refractivity contribution in [1.29, 1.82) is 0 Å². The van der Waals surface area contributed by atoms with Crippen LogP contribution in [0, 0.1) is 0 Å². The average Bonchev–Trinajstić information content (AvgIpc) is 2.57. The fourth-order valence-corrected chi connectivity index (χ4v) is 2.72. The van der Waals surface area contributed by atoms with Crippen molar-refractivity contribution in [2.45, 2.75) is 84.1 Å². The second-order valence-electron chi connectivity index (χ2n) is 8.19. The van der Waals surface area contributed by atoms with Gasteiger partial charge in [0.05, 0.1) is 12.6 Å². The number of hydrogen-bond acceptors (Lipinski definition) is 4. The van der Waals surface area contributed by atoms with E-state index in [-0.39, 0.29) is 11.6 Å². The molecule has 5 nitrogen and oxygen atoms in total. The normalized spacial score (nSPS) is 28.5. The lowest BCUT2D eigenvalue weighted by atomic mass is 10.2. The Kier molecular flexibility index (Phi) is 4.59. The van der Waals surface area contributed by atoms with Crippen LogP contribution in [0.3, 0.4) is 0 Å². The lowest BCUT2D eigenvalue weighted by molar-refractivity contribution is -0.128. The van der Waals surface area contributed by atoms with E-state index in [0.717, 1.165) is 4.90 Å². The maximum absolute atomic E-state index is 12.4. The minimum absolute atomic E-state index is 0.0236. The highest BCUT2D eigenvalue weighted by Gasteiger charge is 2.42. The molecule has 0 N–H and O–H groups in total. The average molecular weight is 332 g/mol. The lowest BCUT2D eigenvalue weighted by Gasteiger charge is -2.37. The summed E-state index contributed by atoms with van der Waals surface area (Å²) in [5.74, 6) is -0.687. The standard InChI is InChI=1S/C16H31NO4Si/c1-15(2,3)21-14(19)17-12(9-10-13(17)18)11-20-22(7,8)16(4,5)6/h12H,9-11H2,1-8H3/t12-/m0/s1/i9D,10D/t9-,10+,12-. The number of nitrogens with zero attached hydrogens (tertiary/aromatic N) is 1. The molecule has 0 unspecified atom stereocenters. The Balaban J connectivity index is 2.96. The smallest absolute Gasteiger partial charge is 0.417 e. The predicted molar refractivity (Wildman–Crippen MR) is 89.3 cm³/mol. The van der Waals surface area contributed by atoms with Crippen LogP contribution in [0.1, 0.15) is 57.1 Å². The Morgan fingerprint density at radius 2 is 1.86 bits per heavy atom. The summed E-state index contributed by atoms with van der Waals surface area (Å²) in [5.41, 5.74) is -0.750. The Morgan fingerprint density at radius 3 is 2.32 bits per heavy atom. The van der Waals surface area contributed by atoms with Gasteiger partial charge < -0.3 is 9.16 Å². The minimum atomic E-state index is -2.09. The zero-order valence-electron chi connectivity index (χ0n) is 17.0. The number of likely N-dealkylation sites (tertiary alicyclic amines) is 1. The molecule has 0 aromatic rings. The number of carbonyl (C=O) groups excluding carboxylic acids is 2. The van der Waals surface area contributed by atoms with E-state index in [9.17, 15) is 9.59 Å². The summed E-state index contributed by atoms with van der Waals surface area (Å²) in [5, 5.41) is -0.0236. The van der Waals surface area contributed by atoms with Gasteiger partial charge in [-0.1, -0.05) is 20.8 Å². The first-order valence-corrected chi connectivity index (χ1v) is 10.5. The van der Waals surface area contributed by atoms with Crippen LogP contribution in [0.2, 0.25) is 18.1 Å². The van der Waals surface area contributed by atoms with Crippen molar-refractivity contribution in [2.75, 3.05) is 6.61 Å². The van der Waals surface area contributed by atoms with Crippen LogP contribution in [0.5, 0.6) is 0 Å². The summed E-state index contributed by atoms with van der Waals surface area (Å²) < 4.78 is 27.3. The first-order chi connectivity index (χ1) is 10.6. The number of carbonyl (C=O) groups is 2. The Hall–Kier alpha value is -0.883. The van der Waals surface area contributed by atoms with E-state index >= 15 is 0 Å². The van der Waals surface area contributed by atoms with Crippen LogP contribution in [0.15, 0.2) is 0 Å². The summed E-state index contributed by atoms with van der Waals surface area (Å²) in [6.07, 6.45) is -3.12. The van der Waals surface area contributed by atoms with Crippen molar-refractivity contribution >= 4 is 20.3 Å². The summed E-state index contributed by atoms with van der Waals surface area (Å²) in [6, 6.07) is -0.788. The molecule has 0 aromatic heterocycles. The Bertz CT molecular complexity index is 499. The van der Waals surface area contributed by atoms with Gasteiger partial charge >= 0.3 is 6.09 Å². The molecule has 1 rings (SSSR count). The largest absolute Gasteiger partial charge is 0.443 e. The third kappa shape index (κ3) is 4.81. The van der Waals surface area contributed by atoms with Crippen LogP contribution in [-0.4, -0.2) is 43.5 Å². The maximum Gasteiger partial charge on any atom is 0.417 e. The van der Waals surface area contributed by atoms with Crippen LogP contribution < -0.4 is 0 Å². The molecule has 0 saturated carbocycles. The van der Waals surface area contributed by atoms with Crippen LogP contribution >= 0.6 is 0 Å². The molecular formula is C16H31NO4Si. The number of rotatable bonds is 3. The van der Waals surface area contributed by atoms with Gasteiger partial charge in [0.1, 0.15) is 5.60 Å². The number of ether oxygens (including phenoxy) is 1. The molecule has 1 aliphatic rings. The molecule has 0 spiro atoms. The third-order valence-electron chi connectivity index (χ3n) is 4.04. The number of imide groups is 1. The van der Waals surface area contributed by atoms with Gasteiger partial charge in [0, 0.05) is 9.14 Å². The van der Waals surface area contributed by atoms with Crippen LogP contribution in [0.25, 0.3) is 0 Å². The lowest BCUT2D eigenvalue weighted by Crippen LogP contribution is -2.48. The third-order valence-corrected chi connectivity index (χ3v) is 8.54. The highest BCUT2D eigenvalue weighted by molar-refractivity contribution is 6.74. The second-order valence-corrected chi connectivity index (χ2v) is 13.0. The first kappa shape index (κ1) is 16.0. The molecule has 1 saturated heterocycles. The number of hydrogen-bond donors (Lipinski definition) is 0. The highest BCUT2D eigenvalue weighted by atomic mass is 28.4. The molecule has 0 aliphatic carbocycles. The van der Waals surface area contributed by atoms with Gasteiger partial charge in [-0.25, -0.2) is 9.69 Å². The van der Waals surface area contributed by atoms with Crippen molar-refractivity contribution in [3.8, 4) is 0 Å². The van der Waals surface area contributed by atoms with Crippen LogP contribution in [-0.2, 0) is 14.0 Å². The van der Waals surface area contributed by atoms with Gasteiger partial charge in [0.15, 0.2) is 8.32 Å². The highest BCUT2D eigenvalue weighted by Crippen LogP contribution is 2.37. The predicted octanol–water partition coefficient (Wildman–Crippen LogP) is 3.93. The van der Waals surface area contributed by atoms with Crippen molar-refractivity contribution < 1.29 is 21.5 Å². The van der Waals surface area contributed by atoms with Gasteiger partial charge in [-0.2, -0.15) is 0 Å². The van der Waals surface area contributed by atoms with E-state index in [4.69, 9.17) is 11.9 Å². The molecular weight excluding hydrogens is 298 g/mol. The van der Waals surface area contributed by atoms with Gasteiger partial charge in [0.25, 0.3) is 0 Å². The maximum atomic E-state index is 12.4. The van der Waals surface area contributed by atoms with E-state index in [1.54, 1.807) is 20.8 Å². The second kappa shape index (κ2) is 6.32. The summed E-state index contributed by atoms with van der Waals surface area (Å²) in [7, 11) is -2.09. The molecule has 2 amide bonds. The molecule has 128 valence electrons. The number of amides is 2. The fraction of sp³-hybridized carbons (Fsp3) is 0.875. The monoisotopic (exact) mass is 331 g/mol. The molecule has 6 heteroatoms. The zero-order chi connectivity index (χ0) is 19.1. The Morgan fingerprint density at radius 1 is 1.32 bits per heavy atom. The van der Waals surface area contributed by atoms with Gasteiger partial charge in [-0.05, 0) is 45.3 Å². The van der Waals surface area contributed by atoms with E-state index in [1.165, 1.54) is 0 Å². The molecule has 0 radical (unpaired) electrons. The van der Waals surface area contributed by atoms with Gasteiger partial charge in [-0.15, -0.1) is 0 Å². The minimum Gasteiger partial charge on any atom is -0.443 e. The molecule has 1 aliphatic heterocycles. The quantitative estimate of drug-likeness (QED) is 0.735. The summed E-state index contributed by atoms with van der Waals surface area (Å²) in [4.78, 5) is 25.5. The molecule has 1 heterocycles.